The van der Waals surface area contributed by atoms with E-state index in [1.165, 1.54) is 21.8 Å². The van der Waals surface area contributed by atoms with Crippen LogP contribution in [0.15, 0.2) is 140 Å². The molecule has 0 atom stereocenters. The third kappa shape index (κ3) is 4.36. The van der Waals surface area contributed by atoms with Crippen molar-refractivity contribution in [3.05, 3.63) is 140 Å². The lowest BCUT2D eigenvalue weighted by atomic mass is 10.0. The Morgan fingerprint density at radius 1 is 0.488 bits per heavy atom. The van der Waals surface area contributed by atoms with Crippen LogP contribution in [0.5, 0.6) is 0 Å². The lowest BCUT2D eigenvalue weighted by molar-refractivity contribution is 0.829. The van der Waals surface area contributed by atoms with Crippen molar-refractivity contribution in [2.24, 2.45) is 0 Å². The highest BCUT2D eigenvalue weighted by molar-refractivity contribution is 6.16. The van der Waals surface area contributed by atoms with E-state index in [0.717, 1.165) is 56.8 Å². The van der Waals surface area contributed by atoms with Gasteiger partial charge in [-0.2, -0.15) is 0 Å². The highest BCUT2D eigenvalue weighted by Crippen LogP contribution is 2.35. The molecule has 0 fully saturated rings. The molecule has 5 aromatic carbocycles. The average molecular weight is 553 g/mol. The van der Waals surface area contributed by atoms with Crippen molar-refractivity contribution in [1.29, 1.82) is 0 Å². The number of fused-ring (bicyclic) bond motifs is 5. The van der Waals surface area contributed by atoms with Gasteiger partial charge < -0.3 is 4.57 Å². The number of rotatable bonds is 5. The molecule has 0 saturated carbocycles. The van der Waals surface area contributed by atoms with Gasteiger partial charge >= 0.3 is 0 Å². The zero-order valence-corrected chi connectivity index (χ0v) is 23.8. The number of hydrogen-bond acceptors (Lipinski definition) is 3. The molecule has 0 saturated heterocycles. The second kappa shape index (κ2) is 10.3. The summed E-state index contributed by atoms with van der Waals surface area (Å²) in [5, 5.41) is 3.66. The molecule has 3 heterocycles. The molecule has 204 valence electrons. The first kappa shape index (κ1) is 25.1. The Balaban J connectivity index is 1.23. The molecule has 0 aliphatic heterocycles. The fraction of sp³-hybridized carbons (Fsp3) is 0.0513. The third-order valence-electron chi connectivity index (χ3n) is 8.21. The van der Waals surface area contributed by atoms with E-state index in [0.29, 0.717) is 5.82 Å². The van der Waals surface area contributed by atoms with Gasteiger partial charge in [-0.3, -0.25) is 0 Å². The van der Waals surface area contributed by atoms with Gasteiger partial charge in [0, 0.05) is 50.5 Å². The summed E-state index contributed by atoms with van der Waals surface area (Å²) in [7, 11) is 0. The van der Waals surface area contributed by atoms with Crippen molar-refractivity contribution in [2.45, 2.75) is 13.5 Å². The highest BCUT2D eigenvalue weighted by atomic mass is 15.0. The first-order valence-electron chi connectivity index (χ1n) is 14.7. The molecule has 43 heavy (non-hydrogen) atoms. The first-order valence-corrected chi connectivity index (χ1v) is 14.7. The standard InChI is InChI=1S/C39H28N4/c1-2-43-36-16-10-9-15-31(36)32-23-21-29-22-24-33(40-37(29)38(32)43)28-17-19-30(20-18-28)39-41-34(26-11-5-3-6-12-26)25-35(42-39)27-13-7-4-8-14-27/h3-25H,2H2,1H3. The molecule has 4 heteroatoms. The van der Waals surface area contributed by atoms with Crippen LogP contribution in [-0.2, 0) is 6.54 Å². The minimum absolute atomic E-state index is 0.701. The molecule has 0 amide bonds. The lowest BCUT2D eigenvalue weighted by Gasteiger charge is -2.10. The van der Waals surface area contributed by atoms with E-state index in [1.807, 2.05) is 36.4 Å². The minimum Gasteiger partial charge on any atom is -0.339 e. The maximum absolute atomic E-state index is 5.24. The van der Waals surface area contributed by atoms with Crippen LogP contribution < -0.4 is 0 Å². The van der Waals surface area contributed by atoms with Gasteiger partial charge in [-0.05, 0) is 25.1 Å². The highest BCUT2D eigenvalue weighted by Gasteiger charge is 2.15. The number of aromatic nitrogens is 4. The molecule has 0 N–H and O–H groups in total. The number of benzene rings is 5. The average Bonchev–Trinajstić information content (AvgIpc) is 3.43. The van der Waals surface area contributed by atoms with Crippen molar-refractivity contribution >= 4 is 32.7 Å². The topological polar surface area (TPSA) is 43.6 Å². The van der Waals surface area contributed by atoms with Crippen LogP contribution in [0.1, 0.15) is 6.92 Å². The normalized spacial score (nSPS) is 11.5. The van der Waals surface area contributed by atoms with E-state index >= 15 is 0 Å². The monoisotopic (exact) mass is 552 g/mol. The first-order chi connectivity index (χ1) is 21.3. The summed E-state index contributed by atoms with van der Waals surface area (Å²) < 4.78 is 2.38. The van der Waals surface area contributed by atoms with Gasteiger partial charge in [0.05, 0.1) is 28.1 Å². The lowest BCUT2D eigenvalue weighted by Crippen LogP contribution is -1.96. The molecule has 0 aliphatic carbocycles. The summed E-state index contributed by atoms with van der Waals surface area (Å²) >= 11 is 0. The maximum Gasteiger partial charge on any atom is 0.160 e. The van der Waals surface area contributed by atoms with E-state index in [9.17, 15) is 0 Å². The van der Waals surface area contributed by atoms with E-state index < -0.39 is 0 Å². The molecular weight excluding hydrogens is 524 g/mol. The molecule has 0 bridgehead atoms. The Hall–Kier alpha value is -5.61. The molecule has 8 rings (SSSR count). The van der Waals surface area contributed by atoms with Crippen LogP contribution in [0.25, 0.3) is 77.9 Å². The summed E-state index contributed by atoms with van der Waals surface area (Å²) in [4.78, 5) is 15.2. The molecule has 0 radical (unpaired) electrons. The van der Waals surface area contributed by atoms with E-state index in [2.05, 4.69) is 115 Å². The van der Waals surface area contributed by atoms with Crippen LogP contribution >= 0.6 is 0 Å². The molecule has 8 aromatic rings. The Kier molecular flexibility index (Phi) is 6.04. The summed E-state index contributed by atoms with van der Waals surface area (Å²) in [6, 6.07) is 48.4. The summed E-state index contributed by atoms with van der Waals surface area (Å²) in [5.74, 6) is 0.701. The van der Waals surface area contributed by atoms with Crippen LogP contribution in [0.3, 0.4) is 0 Å². The molecule has 0 aliphatic rings. The largest absolute Gasteiger partial charge is 0.339 e. The van der Waals surface area contributed by atoms with Gasteiger partial charge in [-0.25, -0.2) is 15.0 Å². The minimum atomic E-state index is 0.701. The Morgan fingerprint density at radius 3 is 1.74 bits per heavy atom. The zero-order valence-electron chi connectivity index (χ0n) is 23.8. The Bertz CT molecular complexity index is 2190. The molecule has 4 nitrogen and oxygen atoms in total. The maximum atomic E-state index is 5.24. The molecule has 0 spiro atoms. The summed E-state index contributed by atoms with van der Waals surface area (Å²) in [6.07, 6.45) is 0. The number of nitrogens with zero attached hydrogens (tertiary/aromatic N) is 4. The van der Waals surface area contributed by atoms with Gasteiger partial charge in [0.25, 0.3) is 0 Å². The number of aryl methyl sites for hydroxylation is 1. The molecule has 3 aromatic heterocycles. The van der Waals surface area contributed by atoms with Crippen molar-refractivity contribution in [1.82, 2.24) is 19.5 Å². The molecular formula is C39H28N4. The number of pyridine rings is 1. The quantitative estimate of drug-likeness (QED) is 0.213. The number of para-hydroxylation sites is 1. The van der Waals surface area contributed by atoms with Gasteiger partial charge in [-0.15, -0.1) is 0 Å². The van der Waals surface area contributed by atoms with Crippen LogP contribution in [0.2, 0.25) is 0 Å². The van der Waals surface area contributed by atoms with E-state index in [-0.39, 0.29) is 0 Å². The van der Waals surface area contributed by atoms with E-state index in [1.54, 1.807) is 0 Å². The fourth-order valence-electron chi connectivity index (χ4n) is 6.09. The van der Waals surface area contributed by atoms with Crippen molar-refractivity contribution in [3.63, 3.8) is 0 Å². The van der Waals surface area contributed by atoms with Crippen LogP contribution in [-0.4, -0.2) is 19.5 Å². The Labute approximate surface area is 250 Å². The second-order valence-electron chi connectivity index (χ2n) is 10.8. The van der Waals surface area contributed by atoms with Crippen LogP contribution in [0, 0.1) is 0 Å². The Morgan fingerprint density at radius 2 is 1.07 bits per heavy atom. The van der Waals surface area contributed by atoms with Gasteiger partial charge in [0.1, 0.15) is 0 Å². The number of hydrogen-bond donors (Lipinski definition) is 0. The predicted octanol–water partition coefficient (Wildman–Crippen LogP) is 9.82. The fourth-order valence-corrected chi connectivity index (χ4v) is 6.09. The SMILES string of the molecule is CCn1c2ccccc2c2ccc3ccc(-c4ccc(-c5nc(-c6ccccc6)cc(-c6ccccc6)n5)cc4)nc3c21. The van der Waals surface area contributed by atoms with Crippen LogP contribution in [0.4, 0.5) is 0 Å². The summed E-state index contributed by atoms with van der Waals surface area (Å²) in [5.41, 5.74) is 10.4. The van der Waals surface area contributed by atoms with E-state index in [4.69, 9.17) is 15.0 Å². The third-order valence-corrected chi connectivity index (χ3v) is 8.21. The van der Waals surface area contributed by atoms with Gasteiger partial charge in [-0.1, -0.05) is 121 Å². The van der Waals surface area contributed by atoms with Crippen molar-refractivity contribution in [3.8, 4) is 45.2 Å². The summed E-state index contributed by atoms with van der Waals surface area (Å²) in [6.45, 7) is 3.09. The van der Waals surface area contributed by atoms with Crippen molar-refractivity contribution in [2.75, 3.05) is 0 Å². The molecule has 0 unspecified atom stereocenters. The van der Waals surface area contributed by atoms with Gasteiger partial charge in [0.15, 0.2) is 5.82 Å². The van der Waals surface area contributed by atoms with Crippen molar-refractivity contribution < 1.29 is 0 Å². The smallest absolute Gasteiger partial charge is 0.160 e. The van der Waals surface area contributed by atoms with Gasteiger partial charge in [0.2, 0.25) is 0 Å². The zero-order chi connectivity index (χ0) is 28.8. The predicted molar refractivity (Wildman–Crippen MR) is 178 cm³/mol. The second-order valence-corrected chi connectivity index (χ2v) is 10.8.